The van der Waals surface area contributed by atoms with Gasteiger partial charge in [-0.1, -0.05) is 0 Å². The topological polar surface area (TPSA) is 61.0 Å². The third-order valence-corrected chi connectivity index (χ3v) is 3.20. The van der Waals surface area contributed by atoms with Crippen molar-refractivity contribution in [3.05, 3.63) is 22.2 Å². The fourth-order valence-electron chi connectivity index (χ4n) is 2.23. The molecule has 2 rings (SSSR count). The lowest BCUT2D eigenvalue weighted by molar-refractivity contribution is 0.269. The van der Waals surface area contributed by atoms with Crippen LogP contribution in [0.15, 0.2) is 10.9 Å². The number of rotatable bonds is 4. The van der Waals surface area contributed by atoms with Crippen LogP contribution in [0.4, 0.5) is 5.82 Å². The van der Waals surface area contributed by atoms with E-state index in [-0.39, 0.29) is 5.56 Å². The van der Waals surface area contributed by atoms with Gasteiger partial charge in [0.2, 0.25) is 0 Å². The van der Waals surface area contributed by atoms with E-state index in [0.717, 1.165) is 6.54 Å². The zero-order valence-electron chi connectivity index (χ0n) is 10.5. The quantitative estimate of drug-likeness (QED) is 0.818. The van der Waals surface area contributed by atoms with Crippen molar-refractivity contribution < 1.29 is 0 Å². The summed E-state index contributed by atoms with van der Waals surface area (Å²) in [7, 11) is 0. The Bertz CT molecular complexity index is 423. The van der Waals surface area contributed by atoms with Crippen molar-refractivity contribution in [2.45, 2.75) is 32.7 Å². The summed E-state index contributed by atoms with van der Waals surface area (Å²) >= 11 is 0. The molecule has 5 heteroatoms. The summed E-state index contributed by atoms with van der Waals surface area (Å²) in [6.07, 6.45) is 2.60. The van der Waals surface area contributed by atoms with E-state index in [0.29, 0.717) is 17.7 Å². The van der Waals surface area contributed by atoms with Crippen LogP contribution in [0.5, 0.6) is 0 Å². The van der Waals surface area contributed by atoms with E-state index in [1.807, 2.05) is 0 Å². The number of aromatic nitrogens is 2. The van der Waals surface area contributed by atoms with Crippen molar-refractivity contribution in [3.8, 4) is 0 Å². The molecule has 1 atom stereocenters. The fraction of sp³-hybridized carbons (Fsp3) is 0.667. The van der Waals surface area contributed by atoms with Crippen LogP contribution in [0.2, 0.25) is 0 Å². The summed E-state index contributed by atoms with van der Waals surface area (Å²) in [6.45, 7) is 7.19. The van der Waals surface area contributed by atoms with Gasteiger partial charge >= 0.3 is 0 Å². The first kappa shape index (κ1) is 12.1. The van der Waals surface area contributed by atoms with Gasteiger partial charge in [0.1, 0.15) is 11.6 Å². The molecule has 1 unspecified atom stereocenters. The SMILES string of the molecule is Cc1nc(NCC(C)N2CCCC2)cc(=O)[nH]1. The highest BCUT2D eigenvalue weighted by Crippen LogP contribution is 2.11. The van der Waals surface area contributed by atoms with Crippen LogP contribution in [0.1, 0.15) is 25.6 Å². The standard InChI is InChI=1S/C12H20N4O/c1-9(16-5-3-4-6-16)8-13-11-7-12(17)15-10(2)14-11/h7,9H,3-6,8H2,1-2H3,(H2,13,14,15,17). The van der Waals surface area contributed by atoms with Gasteiger partial charge in [-0.2, -0.15) is 0 Å². The molecule has 1 aliphatic rings. The van der Waals surface area contributed by atoms with E-state index in [2.05, 4.69) is 27.1 Å². The van der Waals surface area contributed by atoms with Gasteiger partial charge in [0.05, 0.1) is 0 Å². The number of aryl methyl sites for hydroxylation is 1. The molecule has 0 spiro atoms. The fourth-order valence-corrected chi connectivity index (χ4v) is 2.23. The number of aromatic amines is 1. The molecule has 1 aliphatic heterocycles. The van der Waals surface area contributed by atoms with E-state index in [1.165, 1.54) is 32.0 Å². The number of likely N-dealkylation sites (tertiary alicyclic amines) is 1. The molecule has 1 aromatic rings. The van der Waals surface area contributed by atoms with Crippen LogP contribution < -0.4 is 10.9 Å². The summed E-state index contributed by atoms with van der Waals surface area (Å²) in [5.74, 6) is 1.31. The predicted molar refractivity (Wildman–Crippen MR) is 68.4 cm³/mol. The van der Waals surface area contributed by atoms with Crippen molar-refractivity contribution in [2.24, 2.45) is 0 Å². The lowest BCUT2D eigenvalue weighted by Gasteiger charge is -2.24. The highest BCUT2D eigenvalue weighted by atomic mass is 16.1. The molecular formula is C12H20N4O. The smallest absolute Gasteiger partial charge is 0.252 e. The lowest BCUT2D eigenvalue weighted by atomic mass is 10.3. The largest absolute Gasteiger partial charge is 0.368 e. The Morgan fingerprint density at radius 3 is 2.88 bits per heavy atom. The van der Waals surface area contributed by atoms with Crippen molar-refractivity contribution in [3.63, 3.8) is 0 Å². The summed E-state index contributed by atoms with van der Waals surface area (Å²) in [5, 5.41) is 3.23. The third-order valence-electron chi connectivity index (χ3n) is 3.20. The Hall–Kier alpha value is -1.36. The van der Waals surface area contributed by atoms with E-state index in [9.17, 15) is 4.79 Å². The first-order valence-corrected chi connectivity index (χ1v) is 6.21. The van der Waals surface area contributed by atoms with Crippen molar-refractivity contribution in [2.75, 3.05) is 25.0 Å². The van der Waals surface area contributed by atoms with Crippen LogP contribution in [-0.2, 0) is 0 Å². The number of H-pyrrole nitrogens is 1. The zero-order valence-corrected chi connectivity index (χ0v) is 10.5. The maximum absolute atomic E-state index is 11.3. The predicted octanol–water partition coefficient (Wildman–Crippen LogP) is 0.975. The summed E-state index contributed by atoms with van der Waals surface area (Å²) in [4.78, 5) is 20.6. The Kier molecular flexibility index (Phi) is 3.78. The molecule has 0 bridgehead atoms. The molecule has 1 saturated heterocycles. The van der Waals surface area contributed by atoms with Crippen molar-refractivity contribution >= 4 is 5.82 Å². The van der Waals surface area contributed by atoms with Crippen LogP contribution >= 0.6 is 0 Å². The molecule has 1 aromatic heterocycles. The van der Waals surface area contributed by atoms with Gasteiger partial charge in [-0.3, -0.25) is 9.69 Å². The van der Waals surface area contributed by atoms with Gasteiger partial charge in [0, 0.05) is 18.7 Å². The number of hydrogen-bond acceptors (Lipinski definition) is 4. The zero-order chi connectivity index (χ0) is 12.3. The number of nitrogens with one attached hydrogen (secondary N) is 2. The van der Waals surface area contributed by atoms with Gasteiger partial charge < -0.3 is 10.3 Å². The molecular weight excluding hydrogens is 216 g/mol. The minimum Gasteiger partial charge on any atom is -0.368 e. The van der Waals surface area contributed by atoms with Gasteiger partial charge in [0.25, 0.3) is 5.56 Å². The molecule has 94 valence electrons. The molecule has 2 N–H and O–H groups in total. The second-order valence-corrected chi connectivity index (χ2v) is 4.69. The van der Waals surface area contributed by atoms with Crippen LogP contribution in [-0.4, -0.2) is 40.5 Å². The second-order valence-electron chi connectivity index (χ2n) is 4.69. The average molecular weight is 236 g/mol. The molecule has 2 heterocycles. The summed E-state index contributed by atoms with van der Waals surface area (Å²) < 4.78 is 0. The van der Waals surface area contributed by atoms with E-state index in [1.54, 1.807) is 6.92 Å². The second kappa shape index (κ2) is 5.31. The minimum atomic E-state index is -0.103. The van der Waals surface area contributed by atoms with Crippen molar-refractivity contribution in [1.29, 1.82) is 0 Å². The summed E-state index contributed by atoms with van der Waals surface area (Å²) in [6, 6.07) is 1.99. The molecule has 5 nitrogen and oxygen atoms in total. The Morgan fingerprint density at radius 2 is 2.24 bits per heavy atom. The van der Waals surface area contributed by atoms with Crippen LogP contribution in [0, 0.1) is 6.92 Å². The monoisotopic (exact) mass is 236 g/mol. The van der Waals surface area contributed by atoms with E-state index in [4.69, 9.17) is 0 Å². The molecule has 0 radical (unpaired) electrons. The molecule has 1 fully saturated rings. The first-order chi connectivity index (χ1) is 8.15. The van der Waals surface area contributed by atoms with Crippen LogP contribution in [0.25, 0.3) is 0 Å². The molecule has 0 saturated carbocycles. The lowest BCUT2D eigenvalue weighted by Crippen LogP contribution is -2.35. The van der Waals surface area contributed by atoms with Crippen LogP contribution in [0.3, 0.4) is 0 Å². The minimum absolute atomic E-state index is 0.103. The number of hydrogen-bond donors (Lipinski definition) is 2. The molecule has 17 heavy (non-hydrogen) atoms. The maximum atomic E-state index is 11.3. The average Bonchev–Trinajstić information content (AvgIpc) is 2.78. The Balaban J connectivity index is 1.90. The third kappa shape index (κ3) is 3.30. The van der Waals surface area contributed by atoms with Gasteiger partial charge in [-0.05, 0) is 39.8 Å². The Labute approximate surface area is 101 Å². The molecule has 0 amide bonds. The van der Waals surface area contributed by atoms with E-state index >= 15 is 0 Å². The van der Waals surface area contributed by atoms with E-state index < -0.39 is 0 Å². The molecule has 0 aliphatic carbocycles. The maximum Gasteiger partial charge on any atom is 0.252 e. The van der Waals surface area contributed by atoms with Gasteiger partial charge in [-0.15, -0.1) is 0 Å². The first-order valence-electron chi connectivity index (χ1n) is 6.21. The van der Waals surface area contributed by atoms with Gasteiger partial charge in [-0.25, -0.2) is 4.98 Å². The van der Waals surface area contributed by atoms with Gasteiger partial charge in [0.15, 0.2) is 0 Å². The summed E-state index contributed by atoms with van der Waals surface area (Å²) in [5.41, 5.74) is -0.103. The van der Waals surface area contributed by atoms with Crippen molar-refractivity contribution in [1.82, 2.24) is 14.9 Å². The highest BCUT2D eigenvalue weighted by Gasteiger charge is 2.17. The highest BCUT2D eigenvalue weighted by molar-refractivity contribution is 5.32. The normalized spacial score (nSPS) is 18.2. The Morgan fingerprint density at radius 1 is 1.53 bits per heavy atom. The molecule has 0 aromatic carbocycles. The number of nitrogens with zero attached hydrogens (tertiary/aromatic N) is 2. The number of anilines is 1.